The van der Waals surface area contributed by atoms with Crippen LogP contribution < -0.4 is 9.62 Å². The van der Waals surface area contributed by atoms with Crippen LogP contribution in [-0.4, -0.2) is 50.5 Å². The molecule has 174 valence electrons. The van der Waals surface area contributed by atoms with Crippen molar-refractivity contribution in [1.82, 2.24) is 10.2 Å². The fourth-order valence-electron chi connectivity index (χ4n) is 3.24. The molecule has 0 aliphatic heterocycles. The lowest BCUT2D eigenvalue weighted by molar-refractivity contribution is -0.140. The molecule has 2 aromatic rings. The zero-order chi connectivity index (χ0) is 23.9. The van der Waals surface area contributed by atoms with E-state index in [9.17, 15) is 18.0 Å². The Morgan fingerprint density at radius 3 is 2.25 bits per heavy atom. The van der Waals surface area contributed by atoms with E-state index in [2.05, 4.69) is 27.9 Å². The van der Waals surface area contributed by atoms with Crippen LogP contribution in [-0.2, 0) is 26.2 Å². The SMILES string of the molecule is CCNC(=O)[C@H](CC)N(Cc1ccccc1Cl)C(=O)CN(c1ccc(I)cc1)S(C)(=O)=O. The van der Waals surface area contributed by atoms with Gasteiger partial charge in [0.05, 0.1) is 11.9 Å². The summed E-state index contributed by atoms with van der Waals surface area (Å²) in [6.07, 6.45) is 1.42. The van der Waals surface area contributed by atoms with E-state index < -0.39 is 28.5 Å². The van der Waals surface area contributed by atoms with Crippen molar-refractivity contribution in [3.05, 3.63) is 62.7 Å². The summed E-state index contributed by atoms with van der Waals surface area (Å²) in [6.45, 7) is 3.67. The molecule has 0 bridgehead atoms. The van der Waals surface area contributed by atoms with Crippen LogP contribution in [0.2, 0.25) is 5.02 Å². The summed E-state index contributed by atoms with van der Waals surface area (Å²) in [5.74, 6) is -0.789. The van der Waals surface area contributed by atoms with Crippen LogP contribution in [0, 0.1) is 3.57 Å². The van der Waals surface area contributed by atoms with E-state index in [0.29, 0.717) is 29.2 Å². The van der Waals surface area contributed by atoms with Gasteiger partial charge in [-0.3, -0.25) is 13.9 Å². The number of amides is 2. The molecule has 0 fully saturated rings. The number of nitrogens with zero attached hydrogens (tertiary/aromatic N) is 2. The van der Waals surface area contributed by atoms with Crippen molar-refractivity contribution in [2.45, 2.75) is 32.9 Å². The molecule has 0 saturated heterocycles. The van der Waals surface area contributed by atoms with Gasteiger partial charge in [0.25, 0.3) is 0 Å². The molecule has 0 aliphatic rings. The summed E-state index contributed by atoms with van der Waals surface area (Å²) in [6, 6.07) is 13.1. The number of sulfonamides is 1. The lowest BCUT2D eigenvalue weighted by Crippen LogP contribution is -2.52. The highest BCUT2D eigenvalue weighted by atomic mass is 127. The van der Waals surface area contributed by atoms with Gasteiger partial charge >= 0.3 is 0 Å². The minimum Gasteiger partial charge on any atom is -0.355 e. The minimum atomic E-state index is -3.75. The second-order valence-corrected chi connectivity index (χ2v) is 10.7. The Morgan fingerprint density at radius 1 is 1.09 bits per heavy atom. The number of hydrogen-bond acceptors (Lipinski definition) is 4. The first-order chi connectivity index (χ1) is 15.1. The maximum absolute atomic E-state index is 13.5. The van der Waals surface area contributed by atoms with Crippen molar-refractivity contribution in [2.24, 2.45) is 0 Å². The van der Waals surface area contributed by atoms with Gasteiger partial charge in [0.2, 0.25) is 21.8 Å². The molecular weight excluding hydrogens is 565 g/mol. The van der Waals surface area contributed by atoms with Crippen LogP contribution in [0.1, 0.15) is 25.8 Å². The monoisotopic (exact) mass is 591 g/mol. The van der Waals surface area contributed by atoms with E-state index >= 15 is 0 Å². The molecule has 0 saturated carbocycles. The second-order valence-electron chi connectivity index (χ2n) is 7.18. The smallest absolute Gasteiger partial charge is 0.244 e. The first-order valence-electron chi connectivity index (χ1n) is 10.1. The molecule has 2 amide bonds. The summed E-state index contributed by atoms with van der Waals surface area (Å²) in [5.41, 5.74) is 1.05. The Kier molecular flexibility index (Phi) is 9.78. The molecule has 7 nitrogen and oxygen atoms in total. The third kappa shape index (κ3) is 7.08. The second kappa shape index (κ2) is 11.9. The number of hydrogen-bond donors (Lipinski definition) is 1. The lowest BCUT2D eigenvalue weighted by Gasteiger charge is -2.33. The Balaban J connectivity index is 2.43. The number of carbonyl (C=O) groups excluding carboxylic acids is 2. The molecule has 0 spiro atoms. The maximum atomic E-state index is 13.5. The molecule has 1 atom stereocenters. The Hall–Kier alpha value is -1.85. The van der Waals surface area contributed by atoms with Gasteiger partial charge in [-0.25, -0.2) is 8.42 Å². The highest BCUT2D eigenvalue weighted by molar-refractivity contribution is 14.1. The molecule has 10 heteroatoms. The van der Waals surface area contributed by atoms with Crippen LogP contribution in [0.15, 0.2) is 48.5 Å². The fraction of sp³-hybridized carbons (Fsp3) is 0.364. The largest absolute Gasteiger partial charge is 0.355 e. The third-order valence-corrected chi connectivity index (χ3v) is 7.06. The Labute approximate surface area is 208 Å². The van der Waals surface area contributed by atoms with Crippen molar-refractivity contribution in [2.75, 3.05) is 23.7 Å². The van der Waals surface area contributed by atoms with Gasteiger partial charge in [0, 0.05) is 21.7 Å². The predicted molar refractivity (Wildman–Crippen MR) is 136 cm³/mol. The van der Waals surface area contributed by atoms with E-state index in [4.69, 9.17) is 11.6 Å². The zero-order valence-corrected chi connectivity index (χ0v) is 21.9. The molecule has 2 aromatic carbocycles. The molecular formula is C22H27ClIN3O4S. The average Bonchev–Trinajstić information content (AvgIpc) is 2.73. The molecule has 32 heavy (non-hydrogen) atoms. The molecule has 0 radical (unpaired) electrons. The topological polar surface area (TPSA) is 86.8 Å². The van der Waals surface area contributed by atoms with E-state index in [1.165, 1.54) is 4.90 Å². The molecule has 2 rings (SSSR count). The fourth-order valence-corrected chi connectivity index (χ4v) is 4.65. The van der Waals surface area contributed by atoms with Crippen molar-refractivity contribution in [1.29, 1.82) is 0 Å². The predicted octanol–water partition coefficient (Wildman–Crippen LogP) is 3.65. The quantitative estimate of drug-likeness (QED) is 0.428. The molecule has 0 heterocycles. The summed E-state index contributed by atoms with van der Waals surface area (Å²) in [4.78, 5) is 27.6. The van der Waals surface area contributed by atoms with Gasteiger partial charge in [-0.1, -0.05) is 36.7 Å². The number of likely N-dealkylation sites (N-methyl/N-ethyl adjacent to an activating group) is 1. The number of rotatable bonds is 10. The standard InChI is InChI=1S/C22H27ClIN3O4S/c1-4-20(22(29)25-5-2)26(14-16-8-6-7-9-19(16)23)21(28)15-27(32(3,30)31)18-12-10-17(24)11-13-18/h6-13,20H,4-5,14-15H2,1-3H3,(H,25,29)/t20-/m0/s1. The van der Waals surface area contributed by atoms with Gasteiger partial charge in [-0.05, 0) is 71.8 Å². The van der Waals surface area contributed by atoms with Gasteiger partial charge in [-0.15, -0.1) is 0 Å². The number of halogens is 2. The Bertz CT molecular complexity index is 1050. The first-order valence-corrected chi connectivity index (χ1v) is 13.4. The van der Waals surface area contributed by atoms with Crippen LogP contribution in [0.3, 0.4) is 0 Å². The van der Waals surface area contributed by atoms with Gasteiger partial charge in [0.15, 0.2) is 0 Å². The molecule has 0 aliphatic carbocycles. The van der Waals surface area contributed by atoms with E-state index in [0.717, 1.165) is 14.1 Å². The van der Waals surface area contributed by atoms with E-state index in [-0.39, 0.29) is 12.5 Å². The zero-order valence-electron chi connectivity index (χ0n) is 18.2. The summed E-state index contributed by atoms with van der Waals surface area (Å²) < 4.78 is 27.0. The van der Waals surface area contributed by atoms with Crippen LogP contribution in [0.25, 0.3) is 0 Å². The third-order valence-electron chi connectivity index (χ3n) is 4.83. The molecule has 1 N–H and O–H groups in total. The summed E-state index contributed by atoms with van der Waals surface area (Å²) in [7, 11) is -3.75. The van der Waals surface area contributed by atoms with E-state index in [1.54, 1.807) is 62.4 Å². The van der Waals surface area contributed by atoms with Gasteiger partial charge in [0.1, 0.15) is 12.6 Å². The van der Waals surface area contributed by atoms with Crippen LogP contribution in [0.5, 0.6) is 0 Å². The normalized spacial score (nSPS) is 12.2. The minimum absolute atomic E-state index is 0.0818. The molecule has 0 aromatic heterocycles. The van der Waals surface area contributed by atoms with Crippen molar-refractivity contribution in [3.8, 4) is 0 Å². The first kappa shape index (κ1) is 26.4. The number of carbonyl (C=O) groups is 2. The van der Waals surface area contributed by atoms with Gasteiger partial charge < -0.3 is 10.2 Å². The molecule has 0 unspecified atom stereocenters. The average molecular weight is 592 g/mol. The van der Waals surface area contributed by atoms with Crippen molar-refractivity contribution >= 4 is 61.7 Å². The highest BCUT2D eigenvalue weighted by Gasteiger charge is 2.31. The van der Waals surface area contributed by atoms with E-state index in [1.807, 2.05) is 0 Å². The van der Waals surface area contributed by atoms with Crippen LogP contribution >= 0.6 is 34.2 Å². The maximum Gasteiger partial charge on any atom is 0.244 e. The van der Waals surface area contributed by atoms with Crippen LogP contribution in [0.4, 0.5) is 5.69 Å². The number of nitrogens with one attached hydrogen (secondary N) is 1. The summed E-state index contributed by atoms with van der Waals surface area (Å²) >= 11 is 8.43. The van der Waals surface area contributed by atoms with Gasteiger partial charge in [-0.2, -0.15) is 0 Å². The number of benzene rings is 2. The Morgan fingerprint density at radius 2 is 1.72 bits per heavy atom. The van der Waals surface area contributed by atoms with Crippen molar-refractivity contribution < 1.29 is 18.0 Å². The number of anilines is 1. The van der Waals surface area contributed by atoms with Crippen molar-refractivity contribution in [3.63, 3.8) is 0 Å². The lowest BCUT2D eigenvalue weighted by atomic mass is 10.1. The summed E-state index contributed by atoms with van der Waals surface area (Å²) in [5, 5.41) is 3.22. The highest BCUT2D eigenvalue weighted by Crippen LogP contribution is 2.22.